The van der Waals surface area contributed by atoms with Crippen LogP contribution in [0.4, 0.5) is 13.2 Å². The Morgan fingerprint density at radius 2 is 2.10 bits per heavy atom. The van der Waals surface area contributed by atoms with E-state index in [1.54, 1.807) is 0 Å². The summed E-state index contributed by atoms with van der Waals surface area (Å²) in [5.41, 5.74) is 0. The van der Waals surface area contributed by atoms with Crippen LogP contribution >= 0.6 is 11.8 Å². The Bertz CT molecular complexity index is 153. The molecule has 0 amide bonds. The van der Waals surface area contributed by atoms with Crippen LogP contribution in [0, 0.1) is 0 Å². The second kappa shape index (κ2) is 2.45. The lowest BCUT2D eigenvalue weighted by Gasteiger charge is -2.10. The van der Waals surface area contributed by atoms with E-state index in [2.05, 4.69) is 0 Å². The second-order valence-electron chi connectivity index (χ2n) is 2.01. The number of ketones is 1. The topological polar surface area (TPSA) is 17.1 Å². The van der Waals surface area contributed by atoms with E-state index in [0.29, 0.717) is 17.5 Å². The summed E-state index contributed by atoms with van der Waals surface area (Å²) in [6, 6.07) is 0. The fourth-order valence-electron chi connectivity index (χ4n) is 0.778. The van der Waals surface area contributed by atoms with Crippen LogP contribution < -0.4 is 0 Å². The molecule has 1 atom stereocenters. The van der Waals surface area contributed by atoms with Gasteiger partial charge >= 0.3 is 6.18 Å². The zero-order valence-corrected chi connectivity index (χ0v) is 5.76. The maximum absolute atomic E-state index is 11.8. The number of carbonyl (C=O) groups is 1. The van der Waals surface area contributed by atoms with Gasteiger partial charge in [-0.15, -0.1) is 11.8 Å². The summed E-state index contributed by atoms with van der Waals surface area (Å²) < 4.78 is 35.3. The van der Waals surface area contributed by atoms with E-state index >= 15 is 0 Å². The van der Waals surface area contributed by atoms with Gasteiger partial charge in [-0.1, -0.05) is 0 Å². The van der Waals surface area contributed by atoms with Gasteiger partial charge in [0.2, 0.25) is 0 Å². The van der Waals surface area contributed by atoms with Crippen molar-refractivity contribution in [1.82, 2.24) is 0 Å². The van der Waals surface area contributed by atoms with Crippen molar-refractivity contribution in [3.8, 4) is 0 Å². The lowest BCUT2D eigenvalue weighted by Crippen LogP contribution is -2.29. The molecule has 0 spiro atoms. The summed E-state index contributed by atoms with van der Waals surface area (Å²) in [4.78, 5) is 10.5. The summed E-state index contributed by atoms with van der Waals surface area (Å²) in [5, 5.41) is -1.74. The van der Waals surface area contributed by atoms with E-state index < -0.39 is 17.2 Å². The van der Waals surface area contributed by atoms with Crippen LogP contribution in [0.3, 0.4) is 0 Å². The molecule has 1 saturated heterocycles. The predicted octanol–water partition coefficient (Wildman–Crippen LogP) is 1.62. The molecule has 0 N–H and O–H groups in total. The maximum Gasteiger partial charge on any atom is 0.407 e. The zero-order chi connectivity index (χ0) is 7.78. The highest BCUT2D eigenvalue weighted by atomic mass is 32.2. The van der Waals surface area contributed by atoms with Crippen LogP contribution in [-0.2, 0) is 4.79 Å². The molecule has 0 aromatic rings. The van der Waals surface area contributed by atoms with Gasteiger partial charge < -0.3 is 0 Å². The third-order valence-electron chi connectivity index (χ3n) is 1.22. The number of hydrogen-bond donors (Lipinski definition) is 0. The average molecular weight is 170 g/mol. The van der Waals surface area contributed by atoms with Gasteiger partial charge in [-0.25, -0.2) is 0 Å². The van der Waals surface area contributed by atoms with E-state index in [0.717, 1.165) is 0 Å². The molecule has 0 radical (unpaired) electrons. The molecule has 0 aliphatic carbocycles. The molecule has 1 aliphatic rings. The fraction of sp³-hybridized carbons (Fsp3) is 0.800. The van der Waals surface area contributed by atoms with Crippen LogP contribution in [0.1, 0.15) is 6.42 Å². The van der Waals surface area contributed by atoms with Crippen LogP contribution in [0.15, 0.2) is 0 Å². The average Bonchev–Trinajstić information content (AvgIpc) is 2.11. The SMILES string of the molecule is O=C1CCSC1C(F)(F)F. The summed E-state index contributed by atoms with van der Waals surface area (Å²) >= 11 is 0.683. The molecule has 1 heterocycles. The monoisotopic (exact) mass is 170 g/mol. The summed E-state index contributed by atoms with van der Waals surface area (Å²) in [6.07, 6.45) is -4.27. The molecule has 58 valence electrons. The predicted molar refractivity (Wildman–Crippen MR) is 31.9 cm³/mol. The maximum atomic E-state index is 11.8. The molecule has 1 nitrogen and oxygen atoms in total. The highest BCUT2D eigenvalue weighted by molar-refractivity contribution is 8.01. The van der Waals surface area contributed by atoms with E-state index in [1.165, 1.54) is 0 Å². The Morgan fingerprint density at radius 1 is 1.50 bits per heavy atom. The second-order valence-corrected chi connectivity index (χ2v) is 3.22. The van der Waals surface area contributed by atoms with E-state index in [1.807, 2.05) is 0 Å². The van der Waals surface area contributed by atoms with Crippen molar-refractivity contribution in [2.24, 2.45) is 0 Å². The molecule has 0 bridgehead atoms. The van der Waals surface area contributed by atoms with E-state index in [4.69, 9.17) is 0 Å². The minimum absolute atomic E-state index is 0.0643. The Labute approximate surface area is 60.0 Å². The standard InChI is InChI=1S/C5H5F3OS/c6-5(7,8)4-3(9)1-2-10-4/h4H,1-2H2. The molecule has 1 rings (SSSR count). The molecule has 1 unspecified atom stereocenters. The molecule has 10 heavy (non-hydrogen) atoms. The van der Waals surface area contributed by atoms with Gasteiger partial charge in [-0.05, 0) is 0 Å². The van der Waals surface area contributed by atoms with Gasteiger partial charge in [0.25, 0.3) is 0 Å². The Hall–Kier alpha value is -0.190. The van der Waals surface area contributed by atoms with Gasteiger partial charge in [0.15, 0.2) is 11.0 Å². The number of Topliss-reactive ketones (excluding diaryl/α,β-unsaturated/α-hetero) is 1. The largest absolute Gasteiger partial charge is 0.407 e. The number of thioether (sulfide) groups is 1. The van der Waals surface area contributed by atoms with Gasteiger partial charge in [0.05, 0.1) is 0 Å². The minimum atomic E-state index is -4.34. The Balaban J connectivity index is 2.64. The third-order valence-corrected chi connectivity index (χ3v) is 2.53. The molecular weight excluding hydrogens is 165 g/mol. The molecule has 0 saturated carbocycles. The lowest BCUT2D eigenvalue weighted by molar-refractivity contribution is -0.147. The lowest BCUT2D eigenvalue weighted by atomic mass is 10.2. The Morgan fingerprint density at radius 3 is 2.30 bits per heavy atom. The van der Waals surface area contributed by atoms with Crippen molar-refractivity contribution >= 4 is 17.5 Å². The molecule has 1 fully saturated rings. The van der Waals surface area contributed by atoms with Crippen LogP contribution in [0.25, 0.3) is 0 Å². The van der Waals surface area contributed by atoms with Crippen molar-refractivity contribution in [1.29, 1.82) is 0 Å². The van der Waals surface area contributed by atoms with Crippen LogP contribution in [-0.4, -0.2) is 23.0 Å². The minimum Gasteiger partial charge on any atom is -0.298 e. The van der Waals surface area contributed by atoms with Crippen LogP contribution in [0.5, 0.6) is 0 Å². The first-order valence-corrected chi connectivity index (χ1v) is 3.78. The summed E-state index contributed by atoms with van der Waals surface area (Å²) in [6.45, 7) is 0. The van der Waals surface area contributed by atoms with Crippen molar-refractivity contribution in [2.45, 2.75) is 17.8 Å². The van der Waals surface area contributed by atoms with Gasteiger partial charge in [0, 0.05) is 12.2 Å². The molecular formula is C5H5F3OS. The van der Waals surface area contributed by atoms with E-state index in [-0.39, 0.29) is 6.42 Å². The van der Waals surface area contributed by atoms with Crippen molar-refractivity contribution in [3.63, 3.8) is 0 Å². The highest BCUT2D eigenvalue weighted by Crippen LogP contribution is 2.36. The molecule has 1 aliphatic heterocycles. The first-order chi connectivity index (χ1) is 4.52. The highest BCUT2D eigenvalue weighted by Gasteiger charge is 2.47. The Kier molecular flexibility index (Phi) is 1.94. The molecule has 0 aromatic heterocycles. The van der Waals surface area contributed by atoms with Crippen LogP contribution in [0.2, 0.25) is 0 Å². The number of carbonyl (C=O) groups excluding carboxylic acids is 1. The molecule has 0 aromatic carbocycles. The number of hydrogen-bond acceptors (Lipinski definition) is 2. The number of alkyl halides is 3. The smallest absolute Gasteiger partial charge is 0.298 e. The number of halogens is 3. The first kappa shape index (κ1) is 7.91. The van der Waals surface area contributed by atoms with Crippen molar-refractivity contribution in [3.05, 3.63) is 0 Å². The summed E-state index contributed by atoms with van der Waals surface area (Å²) in [7, 11) is 0. The zero-order valence-electron chi connectivity index (χ0n) is 4.94. The summed E-state index contributed by atoms with van der Waals surface area (Å²) in [5.74, 6) is -0.374. The normalized spacial score (nSPS) is 27.5. The van der Waals surface area contributed by atoms with Gasteiger partial charge in [-0.3, -0.25) is 4.79 Å². The molecule has 5 heteroatoms. The fourth-order valence-corrected chi connectivity index (χ4v) is 1.83. The van der Waals surface area contributed by atoms with Gasteiger partial charge in [0.1, 0.15) is 0 Å². The van der Waals surface area contributed by atoms with Crippen molar-refractivity contribution < 1.29 is 18.0 Å². The van der Waals surface area contributed by atoms with E-state index in [9.17, 15) is 18.0 Å². The number of rotatable bonds is 0. The van der Waals surface area contributed by atoms with Gasteiger partial charge in [-0.2, -0.15) is 13.2 Å². The third kappa shape index (κ3) is 1.45. The quantitative estimate of drug-likeness (QED) is 0.549. The first-order valence-electron chi connectivity index (χ1n) is 2.73. The van der Waals surface area contributed by atoms with Crippen molar-refractivity contribution in [2.75, 3.05) is 5.75 Å².